The van der Waals surface area contributed by atoms with E-state index >= 15 is 0 Å². The van der Waals surface area contributed by atoms with Crippen LogP contribution in [0.4, 0.5) is 0 Å². The van der Waals surface area contributed by atoms with Gasteiger partial charge < -0.3 is 0 Å². The highest BCUT2D eigenvalue weighted by atomic mass is 32.3. The molecule has 1 unspecified atom stereocenters. The van der Waals surface area contributed by atoms with Crippen LogP contribution in [-0.2, 0) is 24.7 Å². The maximum atomic E-state index is 12.9. The largest absolute Gasteiger partial charge is 0.298 e. The quantitative estimate of drug-likeness (QED) is 0.822. The van der Waals surface area contributed by atoms with Gasteiger partial charge in [0.25, 0.3) is 0 Å². The second-order valence-corrected chi connectivity index (χ2v) is 10.6. The first kappa shape index (κ1) is 19.1. The van der Waals surface area contributed by atoms with Gasteiger partial charge in [0.2, 0.25) is 14.6 Å². The molecule has 1 aromatic rings. The molecule has 8 heteroatoms. The number of sulfone groups is 1. The lowest BCUT2D eigenvalue weighted by Gasteiger charge is -2.36. The van der Waals surface area contributed by atoms with E-state index in [2.05, 4.69) is 4.72 Å². The normalized spacial score (nSPS) is 19.6. The Hall–Kier alpha value is -1.25. The summed E-state index contributed by atoms with van der Waals surface area (Å²) in [5.41, 5.74) is -1.03. The zero-order valence-corrected chi connectivity index (χ0v) is 15.5. The Morgan fingerprint density at radius 1 is 1.04 bits per heavy atom. The second-order valence-electron chi connectivity index (χ2n) is 6.42. The zero-order chi connectivity index (χ0) is 18.0. The van der Waals surface area contributed by atoms with Crippen molar-refractivity contribution < 1.29 is 21.6 Å². The number of sulfonamides is 1. The van der Waals surface area contributed by atoms with E-state index in [0.717, 1.165) is 25.5 Å². The highest BCUT2D eigenvalue weighted by Gasteiger charge is 2.45. The van der Waals surface area contributed by atoms with Crippen molar-refractivity contribution in [2.75, 3.05) is 6.26 Å². The lowest BCUT2D eigenvalue weighted by Crippen LogP contribution is -2.56. The molecule has 134 valence electrons. The van der Waals surface area contributed by atoms with Crippen molar-refractivity contribution in [3.05, 3.63) is 35.9 Å². The van der Waals surface area contributed by atoms with Gasteiger partial charge in [-0.1, -0.05) is 49.6 Å². The Morgan fingerprint density at radius 2 is 1.58 bits per heavy atom. The van der Waals surface area contributed by atoms with Gasteiger partial charge in [-0.2, -0.15) is 0 Å². The van der Waals surface area contributed by atoms with Crippen molar-refractivity contribution >= 4 is 25.6 Å². The molecule has 0 bridgehead atoms. The molecule has 0 radical (unpaired) electrons. The monoisotopic (exact) mass is 373 g/mol. The molecule has 0 aliphatic heterocycles. The van der Waals surface area contributed by atoms with Crippen molar-refractivity contribution in [1.82, 2.24) is 4.72 Å². The van der Waals surface area contributed by atoms with Gasteiger partial charge in [0.1, 0.15) is 0 Å². The van der Waals surface area contributed by atoms with E-state index in [1.54, 1.807) is 18.2 Å². The fraction of sp³-hybridized carbons (Fsp3) is 0.562. The topological polar surface area (TPSA) is 97.4 Å². The van der Waals surface area contributed by atoms with Crippen molar-refractivity contribution in [3.63, 3.8) is 0 Å². The third-order valence-electron chi connectivity index (χ3n) is 4.46. The molecule has 0 heterocycles. The lowest BCUT2D eigenvalue weighted by atomic mass is 9.80. The molecule has 0 spiro atoms. The van der Waals surface area contributed by atoms with E-state index in [4.69, 9.17) is 0 Å². The molecule has 1 aromatic carbocycles. The lowest BCUT2D eigenvalue weighted by molar-refractivity contribution is -0.123. The summed E-state index contributed by atoms with van der Waals surface area (Å²) < 4.78 is 50.9. The molecule has 1 saturated carbocycles. The van der Waals surface area contributed by atoms with Crippen LogP contribution in [0.1, 0.15) is 49.2 Å². The van der Waals surface area contributed by atoms with Crippen LogP contribution in [0.15, 0.2) is 30.3 Å². The molecular weight excluding hydrogens is 350 g/mol. The molecule has 1 fully saturated rings. The summed E-state index contributed by atoms with van der Waals surface area (Å²) in [5, 5.41) is 0. The summed E-state index contributed by atoms with van der Waals surface area (Å²) in [6.07, 6.45) is 4.09. The number of Topliss-reactive ketones (excluding diaryl/α,β-unsaturated/α-hetero) is 1. The minimum absolute atomic E-state index is 0.169. The summed E-state index contributed by atoms with van der Waals surface area (Å²) in [6, 6.07) is 7.79. The smallest absolute Gasteiger partial charge is 0.234 e. The van der Waals surface area contributed by atoms with E-state index in [0.29, 0.717) is 12.8 Å². The van der Waals surface area contributed by atoms with E-state index < -0.39 is 30.0 Å². The zero-order valence-electron chi connectivity index (χ0n) is 13.9. The first-order valence-electron chi connectivity index (χ1n) is 7.86. The van der Waals surface area contributed by atoms with Crippen LogP contribution in [0, 0.1) is 0 Å². The number of nitrogens with one attached hydrogen (secondary N) is 1. The van der Waals surface area contributed by atoms with Crippen molar-refractivity contribution in [3.8, 4) is 0 Å². The Labute approximate surface area is 143 Å². The Balaban J connectivity index is 2.47. The van der Waals surface area contributed by atoms with Gasteiger partial charge in [0.05, 0.1) is 5.54 Å². The molecular formula is C16H23NO5S2. The highest BCUT2D eigenvalue weighted by Crippen LogP contribution is 2.34. The number of carbonyl (C=O) groups excluding carboxylic acids is 1. The number of carbonyl (C=O) groups is 1. The standard InChI is InChI=1S/C16H23NO5S2/c1-13(18)16(11-7-4-8-12-16)17-24(21,22)15(23(2,19)20)14-9-5-3-6-10-14/h3,5-6,9-10,15,17H,4,7-8,11-12H2,1-2H3. The number of rotatable bonds is 6. The SMILES string of the molecule is CC(=O)C1(NS(=O)(=O)C(c2ccccc2)S(C)(=O)=O)CCCCC1. The molecule has 2 rings (SSSR count). The third kappa shape index (κ3) is 4.04. The molecule has 1 aliphatic carbocycles. The molecule has 0 saturated heterocycles. The molecule has 24 heavy (non-hydrogen) atoms. The molecule has 1 N–H and O–H groups in total. The maximum absolute atomic E-state index is 12.9. The van der Waals surface area contributed by atoms with Crippen LogP contribution in [0.5, 0.6) is 0 Å². The van der Waals surface area contributed by atoms with Gasteiger partial charge in [-0.05, 0) is 25.3 Å². The maximum Gasteiger partial charge on any atom is 0.234 e. The molecule has 1 atom stereocenters. The van der Waals surface area contributed by atoms with Gasteiger partial charge in [-0.15, -0.1) is 0 Å². The van der Waals surface area contributed by atoms with Crippen LogP contribution < -0.4 is 4.72 Å². The molecule has 0 aromatic heterocycles. The van der Waals surface area contributed by atoms with E-state index in [-0.39, 0.29) is 11.3 Å². The average molecular weight is 373 g/mol. The summed E-state index contributed by atoms with van der Waals surface area (Å²) in [6.45, 7) is 1.35. The number of benzene rings is 1. The summed E-state index contributed by atoms with van der Waals surface area (Å²) in [4.78, 5) is 12.1. The Morgan fingerprint density at radius 3 is 2.04 bits per heavy atom. The van der Waals surface area contributed by atoms with Crippen molar-refractivity contribution in [2.24, 2.45) is 0 Å². The number of hydrogen-bond donors (Lipinski definition) is 1. The first-order chi connectivity index (χ1) is 11.1. The molecule has 1 aliphatic rings. The van der Waals surface area contributed by atoms with Crippen LogP contribution in [0.3, 0.4) is 0 Å². The first-order valence-corrected chi connectivity index (χ1v) is 11.4. The van der Waals surface area contributed by atoms with Gasteiger partial charge in [0, 0.05) is 6.26 Å². The summed E-state index contributed by atoms with van der Waals surface area (Å²) in [5.74, 6) is -0.272. The van der Waals surface area contributed by atoms with Crippen molar-refractivity contribution in [2.45, 2.75) is 49.1 Å². The fourth-order valence-electron chi connectivity index (χ4n) is 3.27. The predicted octanol–water partition coefficient (Wildman–Crippen LogP) is 1.94. The van der Waals surface area contributed by atoms with Crippen LogP contribution in [-0.4, -0.2) is 34.4 Å². The van der Waals surface area contributed by atoms with Crippen LogP contribution in [0.25, 0.3) is 0 Å². The van der Waals surface area contributed by atoms with Gasteiger partial charge in [-0.25, -0.2) is 21.6 Å². The van der Waals surface area contributed by atoms with E-state index in [1.807, 2.05) is 0 Å². The Kier molecular flexibility index (Phi) is 5.51. The fourth-order valence-corrected chi connectivity index (χ4v) is 7.43. The van der Waals surface area contributed by atoms with Gasteiger partial charge >= 0.3 is 0 Å². The average Bonchev–Trinajstić information content (AvgIpc) is 2.46. The minimum Gasteiger partial charge on any atom is -0.298 e. The van der Waals surface area contributed by atoms with E-state index in [1.165, 1.54) is 19.1 Å². The van der Waals surface area contributed by atoms with Crippen LogP contribution >= 0.6 is 0 Å². The second kappa shape index (κ2) is 6.93. The summed E-state index contributed by atoms with van der Waals surface area (Å²) >= 11 is 0. The minimum atomic E-state index is -4.29. The number of ketones is 1. The summed E-state index contributed by atoms with van der Waals surface area (Å²) in [7, 11) is -8.24. The number of hydrogen-bond acceptors (Lipinski definition) is 5. The van der Waals surface area contributed by atoms with E-state index in [9.17, 15) is 21.6 Å². The van der Waals surface area contributed by atoms with Crippen molar-refractivity contribution in [1.29, 1.82) is 0 Å². The van der Waals surface area contributed by atoms with Gasteiger partial charge in [-0.3, -0.25) is 4.79 Å². The van der Waals surface area contributed by atoms with Crippen LogP contribution in [0.2, 0.25) is 0 Å². The predicted molar refractivity (Wildman–Crippen MR) is 92.6 cm³/mol. The Bertz CT molecular complexity index is 794. The molecule has 0 amide bonds. The van der Waals surface area contributed by atoms with Gasteiger partial charge in [0.15, 0.2) is 15.6 Å². The molecule has 6 nitrogen and oxygen atoms in total. The highest BCUT2D eigenvalue weighted by molar-refractivity contribution is 8.07. The third-order valence-corrected chi connectivity index (χ3v) is 8.83.